The fourth-order valence-corrected chi connectivity index (χ4v) is 5.86. The Labute approximate surface area is 265 Å². The highest BCUT2D eigenvalue weighted by Crippen LogP contribution is 2.48. The van der Waals surface area contributed by atoms with Gasteiger partial charge < -0.3 is 10.6 Å². The van der Waals surface area contributed by atoms with E-state index in [1.807, 2.05) is 44.4 Å². The molecule has 1 fully saturated rings. The number of alkyl halides is 2. The topological polar surface area (TPSA) is 109 Å². The number of aromatic nitrogens is 6. The van der Waals surface area contributed by atoms with Crippen LogP contribution in [-0.2, 0) is 12.6 Å². The number of nitriles is 1. The van der Waals surface area contributed by atoms with Crippen LogP contribution in [0.15, 0.2) is 55.1 Å². The van der Waals surface area contributed by atoms with Crippen molar-refractivity contribution < 1.29 is 8.78 Å². The third-order valence-corrected chi connectivity index (χ3v) is 8.57. The van der Waals surface area contributed by atoms with Crippen LogP contribution in [0.1, 0.15) is 62.0 Å². The first-order valence-electron chi connectivity index (χ1n) is 14.7. The molecule has 0 unspecified atom stereocenters. The summed E-state index contributed by atoms with van der Waals surface area (Å²) in [6.45, 7) is 8.95. The Morgan fingerprint density at radius 2 is 1.93 bits per heavy atom. The summed E-state index contributed by atoms with van der Waals surface area (Å²) in [7, 11) is 1.86. The molecule has 3 heterocycles. The van der Waals surface area contributed by atoms with E-state index in [0.29, 0.717) is 57.9 Å². The maximum Gasteiger partial charge on any atom is 0.263 e. The Morgan fingerprint density at radius 3 is 2.58 bits per heavy atom. The summed E-state index contributed by atoms with van der Waals surface area (Å²) in [4.78, 5) is 4.48. The first kappa shape index (κ1) is 30.5. The van der Waals surface area contributed by atoms with Gasteiger partial charge in [0.1, 0.15) is 17.3 Å². The molecule has 6 rings (SSSR count). The van der Waals surface area contributed by atoms with Gasteiger partial charge in [0.2, 0.25) is 0 Å². The second kappa shape index (κ2) is 11.4. The van der Waals surface area contributed by atoms with Crippen molar-refractivity contribution in [3.05, 3.63) is 82.5 Å². The molecule has 12 heteroatoms. The van der Waals surface area contributed by atoms with E-state index >= 15 is 0 Å². The molecule has 0 saturated heterocycles. The first-order valence-corrected chi connectivity index (χ1v) is 15.1. The molecule has 2 N–H and O–H groups in total. The number of aryl methyl sites for hydroxylation is 1. The molecule has 1 aliphatic rings. The fraction of sp³-hybridized carbons (Fsp3) is 0.364. The minimum Gasteiger partial charge on any atom is -0.383 e. The van der Waals surface area contributed by atoms with Crippen LogP contribution in [0, 0.1) is 23.7 Å². The van der Waals surface area contributed by atoms with Gasteiger partial charge in [0.25, 0.3) is 6.43 Å². The maximum atomic E-state index is 14.0. The lowest BCUT2D eigenvalue weighted by atomic mass is 9.92. The monoisotopic (exact) mass is 629 g/mol. The molecule has 2 aromatic carbocycles. The van der Waals surface area contributed by atoms with Crippen molar-refractivity contribution in [3.63, 3.8) is 0 Å². The summed E-state index contributed by atoms with van der Waals surface area (Å²) in [5.74, 6) is 0. The second-order valence-electron chi connectivity index (χ2n) is 12.9. The van der Waals surface area contributed by atoms with Gasteiger partial charge >= 0.3 is 0 Å². The Morgan fingerprint density at radius 1 is 1.16 bits per heavy atom. The highest BCUT2D eigenvalue weighted by Gasteiger charge is 2.54. The molecule has 0 amide bonds. The highest BCUT2D eigenvalue weighted by atomic mass is 35.5. The Balaban J connectivity index is 1.48. The van der Waals surface area contributed by atoms with Crippen LogP contribution in [0.2, 0.25) is 5.02 Å². The largest absolute Gasteiger partial charge is 0.383 e. The number of nitrogens with one attached hydrogen (secondary N) is 2. The van der Waals surface area contributed by atoms with Crippen molar-refractivity contribution in [2.24, 2.45) is 12.5 Å². The van der Waals surface area contributed by atoms with Crippen molar-refractivity contribution in [3.8, 4) is 17.2 Å². The average molecular weight is 630 g/mol. The third kappa shape index (κ3) is 5.82. The van der Waals surface area contributed by atoms with E-state index in [1.165, 1.54) is 10.9 Å². The van der Waals surface area contributed by atoms with Gasteiger partial charge in [-0.2, -0.15) is 10.4 Å². The third-order valence-electron chi connectivity index (χ3n) is 8.29. The number of nitrogens with zero attached hydrogens (tertiary/aromatic N) is 7. The lowest BCUT2D eigenvalue weighted by Gasteiger charge is -2.23. The van der Waals surface area contributed by atoms with E-state index in [1.54, 1.807) is 23.1 Å². The standard InChI is InChI=1S/C33H34ClF2N9/c1-19-23(21-15-40-44(5)16-21)7-6-8-24(19)30(27-17-45(43-42-27)33(9-10-33)31(35)36)41-22-11-25-28(39-18-32(2,3)4)20(13-37)14-38-29(25)26(34)12-22/h6-8,11-12,14-17,30-31,41H,9-10,18H2,1-5H3,(H,38,39)/t30-/m0/s1. The SMILES string of the molecule is Cc1c(-c2cnn(C)c2)cccc1[C@H](Nc1cc(Cl)c2ncc(C#N)c(NCC(C)(C)C)c2c1)c1cn(C2(C(F)F)CC2)nn1. The van der Waals surface area contributed by atoms with E-state index in [-0.39, 0.29) is 5.41 Å². The van der Waals surface area contributed by atoms with E-state index < -0.39 is 18.0 Å². The average Bonchev–Trinajstić information content (AvgIpc) is 3.46. The molecule has 45 heavy (non-hydrogen) atoms. The Bertz CT molecular complexity index is 1930. The van der Waals surface area contributed by atoms with E-state index in [2.05, 4.69) is 57.9 Å². The predicted octanol–water partition coefficient (Wildman–Crippen LogP) is 7.47. The highest BCUT2D eigenvalue weighted by molar-refractivity contribution is 6.35. The van der Waals surface area contributed by atoms with Crippen LogP contribution in [-0.4, -0.2) is 42.7 Å². The zero-order chi connectivity index (χ0) is 32.1. The molecule has 0 bridgehead atoms. The summed E-state index contributed by atoms with van der Waals surface area (Å²) in [6, 6.07) is 11.3. The number of anilines is 2. The van der Waals surface area contributed by atoms with Crippen molar-refractivity contribution in [1.29, 1.82) is 5.26 Å². The van der Waals surface area contributed by atoms with Crippen molar-refractivity contribution in [1.82, 2.24) is 29.8 Å². The number of pyridine rings is 1. The molecule has 1 saturated carbocycles. The van der Waals surface area contributed by atoms with Gasteiger partial charge in [-0.15, -0.1) is 5.10 Å². The number of rotatable bonds is 9. The summed E-state index contributed by atoms with van der Waals surface area (Å²) >= 11 is 6.80. The Hall–Kier alpha value is -4.56. The van der Waals surface area contributed by atoms with Gasteiger partial charge in [0.05, 0.1) is 40.2 Å². The number of halogens is 3. The molecule has 0 radical (unpaired) electrons. The molecular weight excluding hydrogens is 596 g/mol. The van der Waals surface area contributed by atoms with Gasteiger partial charge in [-0.3, -0.25) is 9.67 Å². The van der Waals surface area contributed by atoms with Crippen LogP contribution in [0.3, 0.4) is 0 Å². The van der Waals surface area contributed by atoms with E-state index in [4.69, 9.17) is 11.6 Å². The van der Waals surface area contributed by atoms with Crippen LogP contribution < -0.4 is 10.6 Å². The quantitative estimate of drug-likeness (QED) is 0.174. The molecule has 9 nitrogen and oxygen atoms in total. The van der Waals surface area contributed by atoms with Gasteiger partial charge in [-0.05, 0) is 54.0 Å². The van der Waals surface area contributed by atoms with Crippen molar-refractivity contribution in [2.45, 2.75) is 58.5 Å². The summed E-state index contributed by atoms with van der Waals surface area (Å²) in [6.07, 6.45) is 5.03. The molecule has 1 aliphatic carbocycles. The minimum absolute atomic E-state index is 0.0488. The fourth-order valence-electron chi connectivity index (χ4n) is 5.59. The van der Waals surface area contributed by atoms with Crippen LogP contribution in [0.25, 0.3) is 22.0 Å². The lowest BCUT2D eigenvalue weighted by Crippen LogP contribution is -2.26. The molecule has 0 aliphatic heterocycles. The molecule has 232 valence electrons. The van der Waals surface area contributed by atoms with E-state index in [0.717, 1.165) is 22.3 Å². The molecular formula is C33H34ClF2N9. The lowest BCUT2D eigenvalue weighted by molar-refractivity contribution is 0.0593. The summed E-state index contributed by atoms with van der Waals surface area (Å²) in [5, 5.41) is 30.9. The maximum absolute atomic E-state index is 14.0. The van der Waals surface area contributed by atoms with Gasteiger partial charge in [-0.25, -0.2) is 13.5 Å². The Kier molecular flexibility index (Phi) is 7.73. The van der Waals surface area contributed by atoms with Gasteiger partial charge in [0, 0.05) is 42.6 Å². The zero-order valence-corrected chi connectivity index (χ0v) is 26.5. The number of fused-ring (bicyclic) bond motifs is 1. The zero-order valence-electron chi connectivity index (χ0n) is 25.7. The van der Waals surface area contributed by atoms with Gasteiger partial charge in [-0.1, -0.05) is 55.8 Å². The molecule has 5 aromatic rings. The predicted molar refractivity (Wildman–Crippen MR) is 171 cm³/mol. The number of benzene rings is 2. The molecule has 0 spiro atoms. The molecule has 3 aromatic heterocycles. The minimum atomic E-state index is -2.55. The summed E-state index contributed by atoms with van der Waals surface area (Å²) < 4.78 is 31.1. The van der Waals surface area contributed by atoms with Crippen molar-refractivity contribution >= 4 is 33.9 Å². The van der Waals surface area contributed by atoms with E-state index in [9.17, 15) is 14.0 Å². The van der Waals surface area contributed by atoms with Crippen molar-refractivity contribution in [2.75, 3.05) is 17.2 Å². The van der Waals surface area contributed by atoms with Crippen LogP contribution in [0.4, 0.5) is 20.2 Å². The van der Waals surface area contributed by atoms with Crippen LogP contribution >= 0.6 is 11.6 Å². The van der Waals surface area contributed by atoms with Gasteiger partial charge in [0.15, 0.2) is 0 Å². The second-order valence-corrected chi connectivity index (χ2v) is 13.3. The number of hydrogen-bond donors (Lipinski definition) is 2. The smallest absolute Gasteiger partial charge is 0.263 e. The van der Waals surface area contributed by atoms with Crippen LogP contribution in [0.5, 0.6) is 0 Å². The first-order chi connectivity index (χ1) is 21.4. The normalized spacial score (nSPS) is 14.8. The summed E-state index contributed by atoms with van der Waals surface area (Å²) in [5.41, 5.74) is 5.16. The molecule has 1 atom stereocenters. The number of hydrogen-bond acceptors (Lipinski definition) is 7.